The first-order valence-electron chi connectivity index (χ1n) is 18.7. The smallest absolute Gasteiger partial charge is 0.164 e. The van der Waals surface area contributed by atoms with E-state index in [4.69, 9.17) is 24.8 Å². The van der Waals surface area contributed by atoms with Gasteiger partial charge in [0.2, 0.25) is 0 Å². The molecule has 11 rings (SSSR count). The zero-order valence-electron chi connectivity index (χ0n) is 30.0. The molecule has 0 amide bonds. The van der Waals surface area contributed by atoms with Crippen molar-refractivity contribution in [3.8, 4) is 79.3 Å². The predicted molar refractivity (Wildman–Crippen MR) is 220 cm³/mol. The fourth-order valence-corrected chi connectivity index (χ4v) is 8.48. The van der Waals surface area contributed by atoms with Crippen LogP contribution in [0.1, 0.15) is 22.3 Å². The van der Waals surface area contributed by atoms with Gasteiger partial charge >= 0.3 is 0 Å². The number of fused-ring (bicyclic) bond motifs is 9. The van der Waals surface area contributed by atoms with Crippen molar-refractivity contribution in [2.45, 2.75) is 5.41 Å². The quantitative estimate of drug-likeness (QED) is 0.176. The molecule has 0 radical (unpaired) electrons. The normalized spacial score (nSPS) is 12.9. The van der Waals surface area contributed by atoms with Crippen LogP contribution in [-0.4, -0.2) is 25.1 Å². The van der Waals surface area contributed by atoms with E-state index in [0.717, 1.165) is 84.1 Å². The molecule has 2 aliphatic rings. The number of hydrogen-bond acceptors (Lipinski definition) is 6. The molecule has 9 aromatic rings. The van der Waals surface area contributed by atoms with Gasteiger partial charge in [-0.15, -0.1) is 10.2 Å². The van der Waals surface area contributed by atoms with Crippen LogP contribution in [0.5, 0.6) is 11.5 Å². The lowest BCUT2D eigenvalue weighted by Crippen LogP contribution is -2.32. The summed E-state index contributed by atoms with van der Waals surface area (Å²) in [6.07, 6.45) is 0. The molecule has 1 aliphatic heterocycles. The molecule has 6 heteroatoms. The number of nitrogens with zero attached hydrogens (tertiary/aromatic N) is 5. The van der Waals surface area contributed by atoms with Gasteiger partial charge < -0.3 is 4.74 Å². The van der Waals surface area contributed by atoms with Crippen LogP contribution < -0.4 is 4.74 Å². The van der Waals surface area contributed by atoms with Gasteiger partial charge in [-0.2, -0.15) is 0 Å². The van der Waals surface area contributed by atoms with Crippen LogP contribution in [-0.2, 0) is 5.41 Å². The molecule has 3 heterocycles. The summed E-state index contributed by atoms with van der Waals surface area (Å²) in [5, 5.41) is 9.41. The second-order valence-electron chi connectivity index (χ2n) is 14.0. The number of ether oxygens (including phenoxy) is 1. The average molecular weight is 718 g/mol. The molecule has 0 saturated heterocycles. The van der Waals surface area contributed by atoms with Crippen molar-refractivity contribution in [2.75, 3.05) is 0 Å². The summed E-state index contributed by atoms with van der Waals surface area (Å²) in [5.74, 6) is 3.50. The van der Waals surface area contributed by atoms with Gasteiger partial charge in [0.15, 0.2) is 17.5 Å². The van der Waals surface area contributed by atoms with E-state index in [1.54, 1.807) is 0 Å². The van der Waals surface area contributed by atoms with Crippen molar-refractivity contribution in [3.63, 3.8) is 0 Å². The zero-order valence-corrected chi connectivity index (χ0v) is 30.0. The maximum atomic E-state index is 6.63. The van der Waals surface area contributed by atoms with Crippen molar-refractivity contribution in [1.29, 1.82) is 0 Å². The number of aromatic nitrogens is 5. The number of para-hydroxylation sites is 2. The summed E-state index contributed by atoms with van der Waals surface area (Å²) in [6.45, 7) is 0. The van der Waals surface area contributed by atoms with Crippen molar-refractivity contribution < 1.29 is 4.74 Å². The second kappa shape index (κ2) is 12.8. The topological polar surface area (TPSA) is 73.7 Å². The molecular formula is C50H31N5O. The van der Waals surface area contributed by atoms with E-state index in [9.17, 15) is 0 Å². The Kier molecular flexibility index (Phi) is 7.29. The fourth-order valence-electron chi connectivity index (χ4n) is 8.48. The predicted octanol–water partition coefficient (Wildman–Crippen LogP) is 11.5. The van der Waals surface area contributed by atoms with Crippen LogP contribution in [0.4, 0.5) is 0 Å². The van der Waals surface area contributed by atoms with Gasteiger partial charge in [-0.25, -0.2) is 15.0 Å². The first kappa shape index (κ1) is 31.9. The van der Waals surface area contributed by atoms with Crippen molar-refractivity contribution >= 4 is 0 Å². The van der Waals surface area contributed by atoms with Gasteiger partial charge in [-0.1, -0.05) is 158 Å². The van der Waals surface area contributed by atoms with E-state index in [-0.39, 0.29) is 0 Å². The Morgan fingerprint density at radius 2 is 0.839 bits per heavy atom. The van der Waals surface area contributed by atoms with Crippen LogP contribution in [0.2, 0.25) is 0 Å². The molecule has 262 valence electrons. The van der Waals surface area contributed by atoms with Crippen LogP contribution in [0.3, 0.4) is 0 Å². The maximum absolute atomic E-state index is 6.63. The summed E-state index contributed by atoms with van der Waals surface area (Å²) >= 11 is 0. The van der Waals surface area contributed by atoms with Gasteiger partial charge in [0, 0.05) is 38.9 Å². The summed E-state index contributed by atoms with van der Waals surface area (Å²) in [5.41, 5.74) is 12.3. The van der Waals surface area contributed by atoms with Crippen LogP contribution in [0.15, 0.2) is 188 Å². The number of benzene rings is 7. The Bertz CT molecular complexity index is 2830. The highest BCUT2D eigenvalue weighted by atomic mass is 16.5. The molecule has 2 aromatic heterocycles. The van der Waals surface area contributed by atoms with E-state index in [2.05, 4.69) is 84.0 Å². The standard InChI is InChI=1S/C50H31N5O/c1-4-15-32(16-5-1)42-29-30-43(55-54-42)35-27-28-38-37(31-35)46-36(49-52-47(33-17-6-2-7-18-33)51-48(53-49)34-19-8-3-9-20-34)21-14-24-41(46)50(38)39-22-10-12-25-44(39)56-45-26-13-11-23-40(45)50/h1-31H. The third-order valence-corrected chi connectivity index (χ3v) is 10.9. The molecule has 1 aliphatic carbocycles. The lowest BCUT2D eigenvalue weighted by molar-refractivity contribution is 0.436. The summed E-state index contributed by atoms with van der Waals surface area (Å²) in [7, 11) is 0. The zero-order chi connectivity index (χ0) is 37.1. The maximum Gasteiger partial charge on any atom is 0.164 e. The largest absolute Gasteiger partial charge is 0.457 e. The molecule has 0 N–H and O–H groups in total. The number of hydrogen-bond donors (Lipinski definition) is 0. The van der Waals surface area contributed by atoms with E-state index >= 15 is 0 Å². The first-order chi connectivity index (χ1) is 27.8. The van der Waals surface area contributed by atoms with E-state index in [1.165, 1.54) is 0 Å². The molecule has 1 spiro atoms. The lowest BCUT2D eigenvalue weighted by atomic mass is 9.66. The van der Waals surface area contributed by atoms with Crippen LogP contribution >= 0.6 is 0 Å². The molecule has 6 nitrogen and oxygen atoms in total. The molecule has 0 atom stereocenters. The third-order valence-electron chi connectivity index (χ3n) is 10.9. The SMILES string of the molecule is c1ccc(-c2ccc(-c3ccc4c(c3)-c3c(-c5nc(-c6ccccc6)nc(-c6ccccc6)n5)cccc3C43c4ccccc4Oc4ccccc43)nn2)cc1. The summed E-state index contributed by atoms with van der Waals surface area (Å²) < 4.78 is 6.63. The minimum absolute atomic E-state index is 0.601. The Labute approximate surface area is 323 Å². The number of rotatable bonds is 5. The monoisotopic (exact) mass is 717 g/mol. The third kappa shape index (κ3) is 4.93. The van der Waals surface area contributed by atoms with Gasteiger partial charge in [0.1, 0.15) is 11.5 Å². The minimum atomic E-state index is -0.676. The molecule has 0 bridgehead atoms. The molecule has 0 unspecified atom stereocenters. The lowest BCUT2D eigenvalue weighted by Gasteiger charge is -2.39. The average Bonchev–Trinajstić information content (AvgIpc) is 3.57. The van der Waals surface area contributed by atoms with Gasteiger partial charge in [0.05, 0.1) is 16.8 Å². The Balaban J connectivity index is 1.19. The van der Waals surface area contributed by atoms with Gasteiger partial charge in [-0.3, -0.25) is 0 Å². The molecule has 0 fully saturated rings. The molecule has 56 heavy (non-hydrogen) atoms. The Hall–Kier alpha value is -7.57. The van der Waals surface area contributed by atoms with Crippen LogP contribution in [0, 0.1) is 0 Å². The van der Waals surface area contributed by atoms with E-state index < -0.39 is 5.41 Å². The Morgan fingerprint density at radius 1 is 0.339 bits per heavy atom. The summed E-state index contributed by atoms with van der Waals surface area (Å²) in [6, 6.07) is 64.5. The minimum Gasteiger partial charge on any atom is -0.457 e. The second-order valence-corrected chi connectivity index (χ2v) is 14.0. The van der Waals surface area contributed by atoms with Crippen molar-refractivity contribution in [2.24, 2.45) is 0 Å². The van der Waals surface area contributed by atoms with E-state index in [0.29, 0.717) is 17.5 Å². The fraction of sp³-hybridized carbons (Fsp3) is 0.0200. The highest BCUT2D eigenvalue weighted by Crippen LogP contribution is 2.63. The molecular weight excluding hydrogens is 687 g/mol. The van der Waals surface area contributed by atoms with Gasteiger partial charge in [0.25, 0.3) is 0 Å². The van der Waals surface area contributed by atoms with Gasteiger partial charge in [-0.05, 0) is 52.6 Å². The Morgan fingerprint density at radius 3 is 1.43 bits per heavy atom. The molecule has 0 saturated carbocycles. The van der Waals surface area contributed by atoms with Crippen molar-refractivity contribution in [3.05, 3.63) is 210 Å². The molecule has 7 aromatic carbocycles. The summed E-state index contributed by atoms with van der Waals surface area (Å²) in [4.78, 5) is 15.5. The van der Waals surface area contributed by atoms with E-state index in [1.807, 2.05) is 109 Å². The highest BCUT2D eigenvalue weighted by molar-refractivity contribution is 5.97. The van der Waals surface area contributed by atoms with Crippen molar-refractivity contribution in [1.82, 2.24) is 25.1 Å². The first-order valence-corrected chi connectivity index (χ1v) is 18.7. The van der Waals surface area contributed by atoms with Crippen LogP contribution in [0.25, 0.3) is 67.8 Å². The highest BCUT2D eigenvalue weighted by Gasteiger charge is 2.51.